The first-order valence-corrected chi connectivity index (χ1v) is 7.11. The van der Waals surface area contributed by atoms with E-state index in [4.69, 9.17) is 0 Å². The maximum absolute atomic E-state index is 9.91. The van der Waals surface area contributed by atoms with Crippen LogP contribution in [0.4, 0.5) is 0 Å². The van der Waals surface area contributed by atoms with Crippen LogP contribution in [0.2, 0.25) is 0 Å². The van der Waals surface area contributed by atoms with Gasteiger partial charge >= 0.3 is 0 Å². The first-order chi connectivity index (χ1) is 6.62. The first-order valence-electron chi connectivity index (χ1n) is 5.58. The van der Waals surface area contributed by atoms with Gasteiger partial charge in [-0.15, -0.1) is 0 Å². The van der Waals surface area contributed by atoms with Gasteiger partial charge in [0.25, 0.3) is 0 Å². The molecule has 0 spiro atoms. The fourth-order valence-electron chi connectivity index (χ4n) is 1.31. The summed E-state index contributed by atoms with van der Waals surface area (Å²) in [6, 6.07) is 0. The predicted octanol–water partition coefficient (Wildman–Crippen LogP) is 4.09. The minimum atomic E-state index is -0.583. The van der Waals surface area contributed by atoms with Crippen molar-refractivity contribution in [2.24, 2.45) is 0 Å². The second-order valence-electron chi connectivity index (χ2n) is 4.05. The van der Waals surface area contributed by atoms with Crippen molar-refractivity contribution in [3.8, 4) is 0 Å². The summed E-state index contributed by atoms with van der Waals surface area (Å²) in [5.41, 5.74) is -0.583. The molecule has 0 saturated heterocycles. The predicted molar refractivity (Wildman–Crippen MR) is 72.0 cm³/mol. The molecule has 0 aliphatic carbocycles. The van der Waals surface area contributed by atoms with E-state index in [1.54, 1.807) is 0 Å². The SMILES string of the molecule is CCCCC(C)(O)C=CCCCCI. The number of hydrogen-bond donors (Lipinski definition) is 1. The number of hydrogen-bond acceptors (Lipinski definition) is 1. The Kier molecular flexibility index (Phi) is 8.98. The van der Waals surface area contributed by atoms with E-state index in [-0.39, 0.29) is 0 Å². The summed E-state index contributed by atoms with van der Waals surface area (Å²) in [5, 5.41) is 9.91. The van der Waals surface area contributed by atoms with Crippen LogP contribution in [-0.4, -0.2) is 15.1 Å². The summed E-state index contributed by atoms with van der Waals surface area (Å²) >= 11 is 2.40. The number of allylic oxidation sites excluding steroid dienone is 1. The zero-order chi connectivity index (χ0) is 10.9. The molecule has 0 radical (unpaired) electrons. The molecule has 0 aliphatic heterocycles. The molecule has 0 bridgehead atoms. The summed E-state index contributed by atoms with van der Waals surface area (Å²) in [4.78, 5) is 0. The van der Waals surface area contributed by atoms with Gasteiger partial charge in [-0.3, -0.25) is 0 Å². The van der Waals surface area contributed by atoms with E-state index < -0.39 is 5.60 Å². The van der Waals surface area contributed by atoms with Crippen molar-refractivity contribution in [2.45, 2.75) is 58.0 Å². The molecule has 0 aromatic heterocycles. The molecule has 1 atom stereocenters. The minimum absolute atomic E-state index is 0.583. The Morgan fingerprint density at radius 2 is 2.00 bits per heavy atom. The monoisotopic (exact) mass is 310 g/mol. The lowest BCUT2D eigenvalue weighted by Crippen LogP contribution is -2.20. The molecule has 1 nitrogen and oxygen atoms in total. The van der Waals surface area contributed by atoms with Crippen molar-refractivity contribution in [1.29, 1.82) is 0 Å². The Bertz CT molecular complexity index is 152. The van der Waals surface area contributed by atoms with Gasteiger partial charge in [-0.05, 0) is 37.0 Å². The number of halogens is 1. The molecule has 0 aromatic carbocycles. The molecule has 14 heavy (non-hydrogen) atoms. The lowest BCUT2D eigenvalue weighted by atomic mass is 9.98. The highest BCUT2D eigenvalue weighted by atomic mass is 127. The Labute approximate surface area is 102 Å². The highest BCUT2D eigenvalue weighted by molar-refractivity contribution is 14.1. The van der Waals surface area contributed by atoms with E-state index in [0.717, 1.165) is 25.7 Å². The molecule has 0 saturated carbocycles. The van der Waals surface area contributed by atoms with E-state index in [0.29, 0.717) is 0 Å². The molecule has 0 aliphatic rings. The van der Waals surface area contributed by atoms with E-state index in [1.165, 1.54) is 17.3 Å². The third kappa shape index (κ3) is 9.00. The lowest BCUT2D eigenvalue weighted by Gasteiger charge is -2.18. The first kappa shape index (κ1) is 14.4. The van der Waals surface area contributed by atoms with Crippen LogP contribution in [0.1, 0.15) is 52.4 Å². The highest BCUT2D eigenvalue weighted by Gasteiger charge is 2.14. The van der Waals surface area contributed by atoms with Crippen LogP contribution in [-0.2, 0) is 0 Å². The van der Waals surface area contributed by atoms with Gasteiger partial charge in [-0.25, -0.2) is 0 Å². The quantitative estimate of drug-likeness (QED) is 0.310. The molecule has 0 amide bonds. The summed E-state index contributed by atoms with van der Waals surface area (Å²) in [5.74, 6) is 0. The second-order valence-corrected chi connectivity index (χ2v) is 5.13. The maximum Gasteiger partial charge on any atom is 0.0799 e. The average molecular weight is 310 g/mol. The van der Waals surface area contributed by atoms with Gasteiger partial charge in [0.2, 0.25) is 0 Å². The van der Waals surface area contributed by atoms with Crippen molar-refractivity contribution < 1.29 is 5.11 Å². The van der Waals surface area contributed by atoms with Gasteiger partial charge < -0.3 is 5.11 Å². The smallest absolute Gasteiger partial charge is 0.0799 e. The molecule has 2 heteroatoms. The van der Waals surface area contributed by atoms with Gasteiger partial charge in [0.1, 0.15) is 0 Å². The zero-order valence-electron chi connectivity index (χ0n) is 9.43. The van der Waals surface area contributed by atoms with Crippen LogP contribution < -0.4 is 0 Å². The maximum atomic E-state index is 9.91. The summed E-state index contributed by atoms with van der Waals surface area (Å²) < 4.78 is 1.23. The zero-order valence-corrected chi connectivity index (χ0v) is 11.6. The third-order valence-corrected chi connectivity index (χ3v) is 3.03. The molecule has 0 rings (SSSR count). The van der Waals surface area contributed by atoms with Gasteiger partial charge in [0.05, 0.1) is 5.60 Å². The normalized spacial score (nSPS) is 16.0. The summed E-state index contributed by atoms with van der Waals surface area (Å²) in [6.45, 7) is 4.05. The molecule has 0 heterocycles. The van der Waals surface area contributed by atoms with Crippen LogP contribution in [0.5, 0.6) is 0 Å². The van der Waals surface area contributed by atoms with Crippen LogP contribution >= 0.6 is 22.6 Å². The topological polar surface area (TPSA) is 20.2 Å². The number of rotatable bonds is 8. The molecular weight excluding hydrogens is 287 g/mol. The molecule has 0 aromatic rings. The minimum Gasteiger partial charge on any atom is -0.386 e. The molecule has 1 N–H and O–H groups in total. The van der Waals surface area contributed by atoms with Crippen LogP contribution in [0.15, 0.2) is 12.2 Å². The van der Waals surface area contributed by atoms with Crippen LogP contribution in [0, 0.1) is 0 Å². The molecule has 84 valence electrons. The fraction of sp³-hybridized carbons (Fsp3) is 0.833. The van der Waals surface area contributed by atoms with Crippen molar-refractivity contribution in [2.75, 3.05) is 4.43 Å². The molecule has 1 unspecified atom stereocenters. The second kappa shape index (κ2) is 8.72. The molecule has 0 fully saturated rings. The Morgan fingerprint density at radius 3 is 2.57 bits per heavy atom. The van der Waals surface area contributed by atoms with Crippen molar-refractivity contribution in [1.82, 2.24) is 0 Å². The van der Waals surface area contributed by atoms with Crippen molar-refractivity contribution in [3.63, 3.8) is 0 Å². The summed E-state index contributed by atoms with van der Waals surface area (Å²) in [7, 11) is 0. The van der Waals surface area contributed by atoms with Crippen molar-refractivity contribution in [3.05, 3.63) is 12.2 Å². The Morgan fingerprint density at radius 1 is 1.29 bits per heavy atom. The van der Waals surface area contributed by atoms with Gasteiger partial charge in [0.15, 0.2) is 0 Å². The standard InChI is InChI=1S/C12H23IO/c1-3-4-9-12(2,14)10-7-5-6-8-11-13/h7,10,14H,3-6,8-9,11H2,1-2H3. The number of unbranched alkanes of at least 4 members (excludes halogenated alkanes) is 3. The van der Waals surface area contributed by atoms with E-state index in [1.807, 2.05) is 13.0 Å². The van der Waals surface area contributed by atoms with Gasteiger partial charge in [-0.1, -0.05) is 54.5 Å². The van der Waals surface area contributed by atoms with E-state index >= 15 is 0 Å². The fourth-order valence-corrected chi connectivity index (χ4v) is 1.85. The number of alkyl halides is 1. The number of aliphatic hydroxyl groups is 1. The Hall–Kier alpha value is 0.430. The average Bonchev–Trinajstić information content (AvgIpc) is 2.15. The van der Waals surface area contributed by atoms with Gasteiger partial charge in [-0.2, -0.15) is 0 Å². The molecular formula is C12H23IO. The largest absolute Gasteiger partial charge is 0.386 e. The van der Waals surface area contributed by atoms with Crippen LogP contribution in [0.3, 0.4) is 0 Å². The lowest BCUT2D eigenvalue weighted by molar-refractivity contribution is 0.0988. The van der Waals surface area contributed by atoms with Crippen molar-refractivity contribution >= 4 is 22.6 Å². The van der Waals surface area contributed by atoms with E-state index in [2.05, 4.69) is 35.6 Å². The van der Waals surface area contributed by atoms with Gasteiger partial charge in [0, 0.05) is 0 Å². The van der Waals surface area contributed by atoms with E-state index in [9.17, 15) is 5.11 Å². The third-order valence-electron chi connectivity index (χ3n) is 2.27. The van der Waals surface area contributed by atoms with Crippen LogP contribution in [0.25, 0.3) is 0 Å². The summed E-state index contributed by atoms with van der Waals surface area (Å²) in [6.07, 6.45) is 10.9. The Balaban J connectivity index is 3.60. The highest BCUT2D eigenvalue weighted by Crippen LogP contribution is 2.15.